The second kappa shape index (κ2) is 9.24. The molecule has 2 rings (SSSR count). The Kier molecular flexibility index (Phi) is 7.65. The molecule has 0 aliphatic rings. The number of rotatable bonds is 8. The number of halogens is 2. The minimum Gasteiger partial charge on any atom is -0.493 e. The summed E-state index contributed by atoms with van der Waals surface area (Å²) >= 11 is 15.4. The molecule has 0 aliphatic heterocycles. The van der Waals surface area contributed by atoms with Gasteiger partial charge in [-0.05, 0) is 48.2 Å². The number of nitrogens with one attached hydrogen (secondary N) is 1. The first-order valence-corrected chi connectivity index (χ1v) is 11.3. The Morgan fingerprint density at radius 3 is 2.86 bits per heavy atom. The van der Waals surface area contributed by atoms with Crippen LogP contribution in [0.1, 0.15) is 6.42 Å². The molecule has 1 N–H and O–H groups in total. The largest absolute Gasteiger partial charge is 0.493 e. The molecule has 0 fully saturated rings. The van der Waals surface area contributed by atoms with Gasteiger partial charge in [-0.1, -0.05) is 29.3 Å². The topological polar surface area (TPSA) is 21.3 Å². The fourth-order valence-corrected chi connectivity index (χ4v) is 5.90. The summed E-state index contributed by atoms with van der Waals surface area (Å²) in [5.74, 6) is 0.758. The summed E-state index contributed by atoms with van der Waals surface area (Å²) in [6, 6.07) is 9.62. The number of ether oxygens (including phenoxy) is 1. The highest BCUT2D eigenvalue weighted by Gasteiger charge is 2.06. The van der Waals surface area contributed by atoms with E-state index in [0.29, 0.717) is 16.7 Å². The Labute approximate surface area is 144 Å². The molecule has 7 heteroatoms. The third-order valence-corrected chi connectivity index (χ3v) is 8.67. The molecule has 1 aromatic carbocycles. The first-order valence-electron chi connectivity index (χ1n) is 6.42. The highest BCUT2D eigenvalue weighted by Crippen LogP contribution is 2.43. The van der Waals surface area contributed by atoms with Gasteiger partial charge in [0.2, 0.25) is 0 Å². The summed E-state index contributed by atoms with van der Waals surface area (Å²) in [7, 11) is -0.160. The Hall–Kier alpha value is 0.0400. The molecular formula is C14H16Cl2NOPS2. The van der Waals surface area contributed by atoms with Crippen molar-refractivity contribution in [1.29, 1.82) is 0 Å². The minimum atomic E-state index is -0.160. The van der Waals surface area contributed by atoms with Crippen molar-refractivity contribution in [3.8, 4) is 5.75 Å². The average molecular weight is 380 g/mol. The Morgan fingerprint density at radius 1 is 1.29 bits per heavy atom. The van der Waals surface area contributed by atoms with Gasteiger partial charge in [-0.15, -0.1) is 11.3 Å². The maximum Gasteiger partial charge on any atom is 0.120 e. The fourth-order valence-electron chi connectivity index (χ4n) is 1.54. The van der Waals surface area contributed by atoms with Gasteiger partial charge in [-0.2, -0.15) is 0 Å². The lowest BCUT2D eigenvalue weighted by molar-refractivity contribution is 0.312. The van der Waals surface area contributed by atoms with E-state index < -0.39 is 0 Å². The molecule has 2 nitrogen and oxygen atoms in total. The Bertz CT molecular complexity index is 554. The Morgan fingerprint density at radius 2 is 2.14 bits per heavy atom. The maximum absolute atomic E-state index is 5.94. The first-order chi connectivity index (χ1) is 10.2. The molecule has 1 heterocycles. The van der Waals surface area contributed by atoms with Gasteiger partial charge >= 0.3 is 0 Å². The van der Waals surface area contributed by atoms with Crippen LogP contribution in [0.4, 0.5) is 0 Å². The van der Waals surface area contributed by atoms with Crippen molar-refractivity contribution in [2.45, 2.75) is 6.42 Å². The van der Waals surface area contributed by atoms with Gasteiger partial charge in [0.25, 0.3) is 0 Å². The molecular weight excluding hydrogens is 364 g/mol. The third kappa shape index (κ3) is 5.97. The fraction of sp³-hybridized carbons (Fsp3) is 0.286. The van der Waals surface area contributed by atoms with Gasteiger partial charge in [0.15, 0.2) is 0 Å². The van der Waals surface area contributed by atoms with Crippen LogP contribution in [0.3, 0.4) is 0 Å². The quantitative estimate of drug-likeness (QED) is 0.376. The maximum atomic E-state index is 5.94. The molecule has 2 aromatic rings. The van der Waals surface area contributed by atoms with Crippen LogP contribution >= 0.6 is 53.2 Å². The lowest BCUT2D eigenvalue weighted by atomic mass is 10.3. The van der Waals surface area contributed by atoms with Crippen LogP contribution in [-0.2, 0) is 0 Å². The van der Waals surface area contributed by atoms with E-state index in [9.17, 15) is 0 Å². The van der Waals surface area contributed by atoms with Crippen molar-refractivity contribution in [3.05, 3.63) is 45.8 Å². The number of thiophene rings is 1. The summed E-state index contributed by atoms with van der Waals surface area (Å²) in [5, 5.41) is 3.20. The predicted molar refractivity (Wildman–Crippen MR) is 99.0 cm³/mol. The normalized spacial score (nSPS) is 12.3. The molecule has 0 saturated heterocycles. The van der Waals surface area contributed by atoms with Crippen molar-refractivity contribution in [3.63, 3.8) is 0 Å². The summed E-state index contributed by atoms with van der Waals surface area (Å²) in [5.41, 5.74) is 0. The van der Waals surface area contributed by atoms with Gasteiger partial charge in [0.05, 0.1) is 16.7 Å². The van der Waals surface area contributed by atoms with Crippen LogP contribution < -0.4 is 14.1 Å². The van der Waals surface area contributed by atoms with E-state index in [1.54, 1.807) is 12.1 Å². The minimum absolute atomic E-state index is 0.160. The zero-order valence-corrected chi connectivity index (χ0v) is 15.6. The molecule has 0 bridgehead atoms. The smallest absolute Gasteiger partial charge is 0.120 e. The van der Waals surface area contributed by atoms with Crippen molar-refractivity contribution >= 4 is 57.8 Å². The lowest BCUT2D eigenvalue weighted by Gasteiger charge is -2.11. The molecule has 0 amide bonds. The molecule has 114 valence electrons. The van der Waals surface area contributed by atoms with Crippen LogP contribution in [0.5, 0.6) is 5.75 Å². The molecule has 21 heavy (non-hydrogen) atoms. The standard InChI is InChI=1S/C14H16Cl2NOPS2/c1-19(14-4-2-9-20-14)21-17-7-3-8-18-11-5-6-12(15)13(16)10-11/h2,4-6,9-10,17H,3,7-8H2,1H3. The second-order valence-electron chi connectivity index (χ2n) is 4.21. The summed E-state index contributed by atoms with van der Waals surface area (Å²) in [4.78, 5) is 0. The van der Waals surface area contributed by atoms with Crippen LogP contribution in [-0.4, -0.2) is 19.8 Å². The van der Waals surface area contributed by atoms with E-state index in [0.717, 1.165) is 18.7 Å². The van der Waals surface area contributed by atoms with E-state index in [-0.39, 0.29) is 7.12 Å². The van der Waals surface area contributed by atoms with E-state index in [4.69, 9.17) is 27.9 Å². The zero-order chi connectivity index (χ0) is 15.1. The van der Waals surface area contributed by atoms with Crippen molar-refractivity contribution in [2.75, 3.05) is 19.8 Å². The van der Waals surface area contributed by atoms with Gasteiger partial charge in [-0.25, -0.2) is 0 Å². The SMILES string of the molecule is CP(SNCCCOc1ccc(Cl)c(Cl)c1)c1cccs1. The highest BCUT2D eigenvalue weighted by atomic mass is 35.5. The molecule has 0 saturated carbocycles. The van der Waals surface area contributed by atoms with Gasteiger partial charge in [0.1, 0.15) is 5.75 Å². The molecule has 1 atom stereocenters. The zero-order valence-electron chi connectivity index (χ0n) is 11.5. The first kappa shape index (κ1) is 17.4. The average Bonchev–Trinajstić information content (AvgIpc) is 3.00. The predicted octanol–water partition coefficient (Wildman–Crippen LogP) is 5.41. The molecule has 1 unspecified atom stereocenters. The Balaban J connectivity index is 1.58. The summed E-state index contributed by atoms with van der Waals surface area (Å²) in [6.45, 7) is 3.85. The molecule has 1 aromatic heterocycles. The lowest BCUT2D eigenvalue weighted by Crippen LogP contribution is -2.10. The van der Waals surface area contributed by atoms with Gasteiger partial charge < -0.3 is 4.74 Å². The van der Waals surface area contributed by atoms with Gasteiger partial charge in [0, 0.05) is 24.4 Å². The van der Waals surface area contributed by atoms with Crippen LogP contribution in [0, 0.1) is 0 Å². The van der Waals surface area contributed by atoms with E-state index in [1.807, 2.05) is 29.0 Å². The van der Waals surface area contributed by atoms with Crippen LogP contribution in [0.15, 0.2) is 35.7 Å². The van der Waals surface area contributed by atoms with E-state index >= 15 is 0 Å². The monoisotopic (exact) mass is 379 g/mol. The molecule has 0 aliphatic carbocycles. The number of hydrogen-bond acceptors (Lipinski definition) is 4. The molecule has 0 spiro atoms. The van der Waals surface area contributed by atoms with Crippen LogP contribution in [0.2, 0.25) is 10.0 Å². The van der Waals surface area contributed by atoms with E-state index in [2.05, 4.69) is 28.9 Å². The van der Waals surface area contributed by atoms with Crippen molar-refractivity contribution in [2.24, 2.45) is 0 Å². The van der Waals surface area contributed by atoms with Crippen molar-refractivity contribution in [1.82, 2.24) is 4.72 Å². The highest BCUT2D eigenvalue weighted by molar-refractivity contribution is 8.57. The third-order valence-electron chi connectivity index (χ3n) is 2.60. The second-order valence-corrected chi connectivity index (χ2v) is 10.4. The number of benzene rings is 1. The van der Waals surface area contributed by atoms with Crippen molar-refractivity contribution < 1.29 is 4.74 Å². The summed E-state index contributed by atoms with van der Waals surface area (Å²) < 4.78 is 10.5. The van der Waals surface area contributed by atoms with Gasteiger partial charge in [-0.3, -0.25) is 4.72 Å². The summed E-state index contributed by atoms with van der Waals surface area (Å²) in [6.07, 6.45) is 0.945. The van der Waals surface area contributed by atoms with E-state index in [1.165, 1.54) is 4.62 Å². The molecule has 0 radical (unpaired) electrons. The number of hydrogen-bond donors (Lipinski definition) is 1. The van der Waals surface area contributed by atoms with Crippen LogP contribution in [0.25, 0.3) is 0 Å².